The Balaban J connectivity index is 1.60. The van der Waals surface area contributed by atoms with Crippen molar-refractivity contribution < 1.29 is 0 Å². The summed E-state index contributed by atoms with van der Waals surface area (Å²) in [5.41, 5.74) is 2.29. The van der Waals surface area contributed by atoms with E-state index in [1.165, 1.54) is 29.9 Å². The molecule has 0 amide bonds. The lowest BCUT2D eigenvalue weighted by Crippen LogP contribution is -2.24. The fourth-order valence-corrected chi connectivity index (χ4v) is 3.22. The van der Waals surface area contributed by atoms with Gasteiger partial charge in [-0.1, -0.05) is 36.4 Å². The molecule has 4 nitrogen and oxygen atoms in total. The maximum Gasteiger partial charge on any atom is 0.206 e. The number of pyridine rings is 1. The van der Waals surface area contributed by atoms with Crippen molar-refractivity contribution in [3.8, 4) is 11.4 Å². The fraction of sp³-hybridized carbons (Fsp3) is 0.235. The molecule has 1 saturated carbocycles. The second-order valence-corrected chi connectivity index (χ2v) is 6.22. The summed E-state index contributed by atoms with van der Waals surface area (Å²) in [6.45, 7) is 0.849. The molecule has 110 valence electrons. The van der Waals surface area contributed by atoms with E-state index in [0.717, 1.165) is 23.1 Å². The van der Waals surface area contributed by atoms with Gasteiger partial charge in [-0.05, 0) is 24.5 Å². The van der Waals surface area contributed by atoms with E-state index in [1.54, 1.807) is 0 Å². The molecular formula is C17H16N4S. The third-order valence-corrected chi connectivity index (χ3v) is 4.51. The number of nitrogens with zero attached hydrogens (tertiary/aromatic N) is 4. The van der Waals surface area contributed by atoms with E-state index < -0.39 is 0 Å². The SMILES string of the molecule is c1ccc(-c2nsc(N(Cc3cccnc3)C3CC3)n2)cc1. The molecule has 1 fully saturated rings. The molecule has 4 rings (SSSR count). The molecule has 1 aliphatic carbocycles. The molecule has 3 aromatic rings. The molecule has 1 aliphatic rings. The highest BCUT2D eigenvalue weighted by Crippen LogP contribution is 2.35. The number of hydrogen-bond acceptors (Lipinski definition) is 5. The van der Waals surface area contributed by atoms with Gasteiger partial charge >= 0.3 is 0 Å². The third-order valence-electron chi connectivity index (χ3n) is 3.76. The lowest BCUT2D eigenvalue weighted by molar-refractivity contribution is 0.787. The van der Waals surface area contributed by atoms with E-state index in [4.69, 9.17) is 4.98 Å². The van der Waals surface area contributed by atoms with E-state index in [-0.39, 0.29) is 0 Å². The lowest BCUT2D eigenvalue weighted by atomic mass is 10.2. The van der Waals surface area contributed by atoms with E-state index >= 15 is 0 Å². The molecule has 0 N–H and O–H groups in total. The molecular weight excluding hydrogens is 292 g/mol. The van der Waals surface area contributed by atoms with Crippen LogP contribution in [0, 0.1) is 0 Å². The minimum atomic E-state index is 0.594. The Morgan fingerprint density at radius 1 is 1.09 bits per heavy atom. The number of benzene rings is 1. The molecule has 0 saturated heterocycles. The van der Waals surface area contributed by atoms with Crippen molar-refractivity contribution in [2.24, 2.45) is 0 Å². The van der Waals surface area contributed by atoms with Crippen LogP contribution in [0.25, 0.3) is 11.4 Å². The summed E-state index contributed by atoms with van der Waals surface area (Å²) in [6.07, 6.45) is 6.21. The van der Waals surface area contributed by atoms with Gasteiger partial charge in [0.1, 0.15) is 0 Å². The molecule has 2 aromatic heterocycles. The maximum absolute atomic E-state index is 4.75. The van der Waals surface area contributed by atoms with Crippen LogP contribution in [-0.4, -0.2) is 20.4 Å². The van der Waals surface area contributed by atoms with Gasteiger partial charge in [0.05, 0.1) is 0 Å². The van der Waals surface area contributed by atoms with E-state index in [0.29, 0.717) is 6.04 Å². The van der Waals surface area contributed by atoms with Crippen molar-refractivity contribution in [2.75, 3.05) is 4.90 Å². The summed E-state index contributed by atoms with van der Waals surface area (Å²) < 4.78 is 4.53. The average molecular weight is 308 g/mol. The molecule has 1 aromatic carbocycles. The Kier molecular flexibility index (Phi) is 3.56. The van der Waals surface area contributed by atoms with Crippen LogP contribution in [0.5, 0.6) is 0 Å². The summed E-state index contributed by atoms with van der Waals surface area (Å²) >= 11 is 1.48. The minimum absolute atomic E-state index is 0.594. The summed E-state index contributed by atoms with van der Waals surface area (Å²) in [5, 5.41) is 1.00. The molecule has 0 bridgehead atoms. The maximum atomic E-state index is 4.75. The first kappa shape index (κ1) is 13.4. The standard InChI is InChI=1S/C17H16N4S/c1-2-6-14(7-3-1)16-19-17(22-20-16)21(15-8-9-15)12-13-5-4-10-18-11-13/h1-7,10-11,15H,8-9,12H2. The third kappa shape index (κ3) is 2.85. The zero-order valence-corrected chi connectivity index (χ0v) is 12.9. The Labute approximate surface area is 133 Å². The highest BCUT2D eigenvalue weighted by Gasteiger charge is 2.31. The molecule has 0 aliphatic heterocycles. The van der Waals surface area contributed by atoms with Crippen LogP contribution >= 0.6 is 11.5 Å². The number of rotatable bonds is 5. The van der Waals surface area contributed by atoms with Crippen molar-refractivity contribution >= 4 is 16.7 Å². The molecule has 0 atom stereocenters. The summed E-state index contributed by atoms with van der Waals surface area (Å²) in [7, 11) is 0. The minimum Gasteiger partial charge on any atom is -0.339 e. The predicted octanol–water partition coefficient (Wildman–Crippen LogP) is 3.77. The molecule has 2 heterocycles. The first-order valence-electron chi connectivity index (χ1n) is 7.45. The normalized spacial score (nSPS) is 14.0. The molecule has 0 unspecified atom stereocenters. The van der Waals surface area contributed by atoms with Gasteiger partial charge in [0.2, 0.25) is 5.13 Å². The largest absolute Gasteiger partial charge is 0.339 e. The fourth-order valence-electron chi connectivity index (χ4n) is 2.46. The summed E-state index contributed by atoms with van der Waals surface area (Å²) in [4.78, 5) is 11.3. The van der Waals surface area contributed by atoms with Gasteiger partial charge in [-0.3, -0.25) is 4.98 Å². The van der Waals surface area contributed by atoms with Crippen molar-refractivity contribution in [3.63, 3.8) is 0 Å². The summed E-state index contributed by atoms with van der Waals surface area (Å²) in [6, 6.07) is 14.8. The zero-order valence-electron chi connectivity index (χ0n) is 12.1. The van der Waals surface area contributed by atoms with E-state index in [9.17, 15) is 0 Å². The van der Waals surface area contributed by atoms with Gasteiger partial charge in [0, 0.05) is 42.1 Å². The second-order valence-electron chi connectivity index (χ2n) is 5.49. The smallest absolute Gasteiger partial charge is 0.206 e. The van der Waals surface area contributed by atoms with Crippen molar-refractivity contribution in [2.45, 2.75) is 25.4 Å². The van der Waals surface area contributed by atoms with Crippen molar-refractivity contribution in [3.05, 3.63) is 60.4 Å². The van der Waals surface area contributed by atoms with Crippen LogP contribution in [0.4, 0.5) is 5.13 Å². The Hall–Kier alpha value is -2.27. The van der Waals surface area contributed by atoms with Gasteiger partial charge in [-0.25, -0.2) is 0 Å². The second kappa shape index (κ2) is 5.85. The Morgan fingerprint density at radius 3 is 2.68 bits per heavy atom. The molecule has 5 heteroatoms. The molecule has 0 spiro atoms. The predicted molar refractivity (Wildman–Crippen MR) is 88.8 cm³/mol. The van der Waals surface area contributed by atoms with Crippen LogP contribution in [0.3, 0.4) is 0 Å². The van der Waals surface area contributed by atoms with E-state index in [2.05, 4.69) is 32.5 Å². The number of anilines is 1. The Bertz CT molecular complexity index is 738. The van der Waals surface area contributed by atoms with Gasteiger partial charge in [-0.15, -0.1) is 0 Å². The number of hydrogen-bond donors (Lipinski definition) is 0. The monoisotopic (exact) mass is 308 g/mol. The molecule has 0 radical (unpaired) electrons. The van der Waals surface area contributed by atoms with Crippen LogP contribution in [0.15, 0.2) is 54.9 Å². The lowest BCUT2D eigenvalue weighted by Gasteiger charge is -2.20. The van der Waals surface area contributed by atoms with Crippen molar-refractivity contribution in [1.29, 1.82) is 0 Å². The first-order valence-corrected chi connectivity index (χ1v) is 8.22. The topological polar surface area (TPSA) is 41.9 Å². The van der Waals surface area contributed by atoms with Gasteiger partial charge < -0.3 is 4.90 Å². The quantitative estimate of drug-likeness (QED) is 0.719. The highest BCUT2D eigenvalue weighted by atomic mass is 32.1. The van der Waals surface area contributed by atoms with Gasteiger partial charge in [-0.2, -0.15) is 9.36 Å². The van der Waals surface area contributed by atoms with Crippen LogP contribution in [-0.2, 0) is 6.54 Å². The van der Waals surface area contributed by atoms with Gasteiger partial charge in [0.25, 0.3) is 0 Å². The average Bonchev–Trinajstić information content (AvgIpc) is 3.31. The first-order chi connectivity index (χ1) is 10.9. The van der Waals surface area contributed by atoms with Gasteiger partial charge in [0.15, 0.2) is 5.82 Å². The van der Waals surface area contributed by atoms with Crippen LogP contribution in [0.2, 0.25) is 0 Å². The summed E-state index contributed by atoms with van der Waals surface area (Å²) in [5.74, 6) is 0.817. The van der Waals surface area contributed by atoms with Crippen molar-refractivity contribution in [1.82, 2.24) is 14.3 Å². The van der Waals surface area contributed by atoms with E-state index in [1.807, 2.05) is 36.7 Å². The zero-order chi connectivity index (χ0) is 14.8. The number of aromatic nitrogens is 3. The Morgan fingerprint density at radius 2 is 1.95 bits per heavy atom. The van der Waals surface area contributed by atoms with Crippen LogP contribution in [0.1, 0.15) is 18.4 Å². The molecule has 22 heavy (non-hydrogen) atoms. The van der Waals surface area contributed by atoms with Crippen LogP contribution < -0.4 is 4.90 Å². The highest BCUT2D eigenvalue weighted by molar-refractivity contribution is 7.09.